The second-order valence-electron chi connectivity index (χ2n) is 7.74. The molecule has 0 unspecified atom stereocenters. The smallest absolute Gasteiger partial charge is 0.331 e. The Morgan fingerprint density at radius 2 is 1.45 bits per heavy atom. The van der Waals surface area contributed by atoms with Crippen LogP contribution in [0.4, 0.5) is 0 Å². The molecule has 0 atom stereocenters. The minimum absolute atomic E-state index is 0.262. The van der Waals surface area contributed by atoms with Crippen molar-refractivity contribution in [1.82, 2.24) is 18.9 Å². The third-order valence-corrected chi connectivity index (χ3v) is 5.01. The van der Waals surface area contributed by atoms with Crippen molar-refractivity contribution < 1.29 is 4.79 Å². The van der Waals surface area contributed by atoms with Crippen molar-refractivity contribution in [3.63, 3.8) is 0 Å². The summed E-state index contributed by atoms with van der Waals surface area (Å²) in [5.41, 5.74) is 0.973. The van der Waals surface area contributed by atoms with Crippen molar-refractivity contribution >= 4 is 5.91 Å². The van der Waals surface area contributed by atoms with E-state index in [9.17, 15) is 14.4 Å². The van der Waals surface area contributed by atoms with Gasteiger partial charge in [0.2, 0.25) is 5.91 Å². The number of benzene rings is 2. The van der Waals surface area contributed by atoms with Crippen molar-refractivity contribution in [2.24, 2.45) is 0 Å². The lowest BCUT2D eigenvalue weighted by Gasteiger charge is -2.25. The van der Waals surface area contributed by atoms with Gasteiger partial charge in [0.15, 0.2) is 0 Å². The van der Waals surface area contributed by atoms with E-state index in [0.29, 0.717) is 26.2 Å². The van der Waals surface area contributed by atoms with Crippen LogP contribution in [0.1, 0.15) is 11.1 Å². The first-order valence-corrected chi connectivity index (χ1v) is 10.2. The summed E-state index contributed by atoms with van der Waals surface area (Å²) >= 11 is 0. The van der Waals surface area contributed by atoms with Crippen molar-refractivity contribution in [1.29, 1.82) is 0 Å². The third kappa shape index (κ3) is 6.26. The van der Waals surface area contributed by atoms with Crippen LogP contribution in [0.5, 0.6) is 0 Å². The maximum Gasteiger partial charge on any atom is 0.331 e. The molecule has 7 heteroatoms. The van der Waals surface area contributed by atoms with Crippen LogP contribution in [0.25, 0.3) is 0 Å². The summed E-state index contributed by atoms with van der Waals surface area (Å²) in [6.07, 6.45) is 1.48. The van der Waals surface area contributed by atoms with Crippen molar-refractivity contribution in [3.8, 4) is 0 Å². The summed E-state index contributed by atoms with van der Waals surface area (Å²) in [4.78, 5) is 42.1. The van der Waals surface area contributed by atoms with Crippen LogP contribution < -0.4 is 11.2 Å². The number of aromatic nitrogens is 2. The Kier molecular flexibility index (Phi) is 7.56. The Morgan fingerprint density at radius 1 is 0.839 bits per heavy atom. The largest absolute Gasteiger partial charge is 0.336 e. The number of nitrogens with zero attached hydrogens (tertiary/aromatic N) is 4. The summed E-state index contributed by atoms with van der Waals surface area (Å²) in [6, 6.07) is 20.5. The molecule has 7 nitrogen and oxygen atoms in total. The highest BCUT2D eigenvalue weighted by atomic mass is 16.2. The van der Waals surface area contributed by atoms with E-state index in [1.807, 2.05) is 79.7 Å². The molecular weight excluding hydrogens is 392 g/mol. The van der Waals surface area contributed by atoms with Gasteiger partial charge in [-0.2, -0.15) is 0 Å². The lowest BCUT2D eigenvalue weighted by molar-refractivity contribution is -0.132. The van der Waals surface area contributed by atoms with E-state index in [-0.39, 0.29) is 12.5 Å². The molecule has 0 bridgehead atoms. The lowest BCUT2D eigenvalue weighted by atomic mass is 10.2. The van der Waals surface area contributed by atoms with E-state index >= 15 is 0 Å². The molecule has 1 amide bonds. The summed E-state index contributed by atoms with van der Waals surface area (Å²) in [5, 5.41) is 0. The molecule has 3 aromatic rings. The molecule has 0 spiro atoms. The zero-order chi connectivity index (χ0) is 22.2. The number of likely N-dealkylation sites (N-methyl/N-ethyl adjacent to an activating group) is 1. The van der Waals surface area contributed by atoms with Gasteiger partial charge in [-0.15, -0.1) is 0 Å². The van der Waals surface area contributed by atoms with Gasteiger partial charge in [-0.3, -0.25) is 18.7 Å². The number of hydrogen-bond acceptors (Lipinski definition) is 4. The van der Waals surface area contributed by atoms with Crippen molar-refractivity contribution in [2.45, 2.75) is 19.6 Å². The first-order chi connectivity index (χ1) is 14.9. The highest BCUT2D eigenvalue weighted by Crippen LogP contribution is 2.06. The van der Waals surface area contributed by atoms with Crippen molar-refractivity contribution in [3.05, 3.63) is 105 Å². The minimum atomic E-state index is -0.489. The molecule has 2 aromatic carbocycles. The van der Waals surface area contributed by atoms with Crippen LogP contribution in [0.15, 0.2) is 82.5 Å². The van der Waals surface area contributed by atoms with Crippen LogP contribution in [-0.2, 0) is 24.4 Å². The Bertz CT molecular complexity index is 1100. The lowest BCUT2D eigenvalue weighted by Crippen LogP contribution is -2.45. The Morgan fingerprint density at radius 3 is 2.06 bits per heavy atom. The molecule has 0 radical (unpaired) electrons. The molecule has 0 aliphatic carbocycles. The normalized spacial score (nSPS) is 10.9. The number of carbonyl (C=O) groups is 1. The molecule has 0 saturated carbocycles. The Hall–Kier alpha value is -3.45. The van der Waals surface area contributed by atoms with Gasteiger partial charge in [0.1, 0.15) is 6.54 Å². The SMILES string of the molecule is CN(C)CCN(Cc1ccccc1)C(=O)Cn1c(=O)ccn(Cc2ccccc2)c1=O. The average Bonchev–Trinajstić information content (AvgIpc) is 2.77. The van der Waals surface area contributed by atoms with E-state index in [1.165, 1.54) is 16.8 Å². The third-order valence-electron chi connectivity index (χ3n) is 5.01. The van der Waals surface area contributed by atoms with E-state index in [2.05, 4.69) is 0 Å². The van der Waals surface area contributed by atoms with Gasteiger partial charge in [0.25, 0.3) is 5.56 Å². The summed E-state index contributed by atoms with van der Waals surface area (Å²) < 4.78 is 2.46. The van der Waals surface area contributed by atoms with Crippen molar-refractivity contribution in [2.75, 3.05) is 27.2 Å². The van der Waals surface area contributed by atoms with Gasteiger partial charge < -0.3 is 9.80 Å². The second-order valence-corrected chi connectivity index (χ2v) is 7.74. The summed E-state index contributed by atoms with van der Waals surface area (Å²) in [5.74, 6) is -0.262. The zero-order valence-corrected chi connectivity index (χ0v) is 18.0. The molecule has 0 N–H and O–H groups in total. The van der Waals surface area contributed by atoms with Gasteiger partial charge >= 0.3 is 5.69 Å². The summed E-state index contributed by atoms with van der Waals surface area (Å²) in [7, 11) is 3.88. The van der Waals surface area contributed by atoms with E-state index in [0.717, 1.165) is 15.7 Å². The van der Waals surface area contributed by atoms with Crippen LogP contribution in [0, 0.1) is 0 Å². The van der Waals surface area contributed by atoms with Gasteiger partial charge in [-0.1, -0.05) is 60.7 Å². The van der Waals surface area contributed by atoms with Gasteiger partial charge in [0, 0.05) is 31.9 Å². The van der Waals surface area contributed by atoms with E-state index in [1.54, 1.807) is 4.90 Å². The number of amides is 1. The average molecular weight is 421 g/mol. The monoisotopic (exact) mass is 420 g/mol. The van der Waals surface area contributed by atoms with Gasteiger partial charge in [-0.05, 0) is 25.2 Å². The molecule has 162 valence electrons. The Balaban J connectivity index is 1.82. The second kappa shape index (κ2) is 10.5. The van der Waals surface area contributed by atoms with Gasteiger partial charge in [0.05, 0.1) is 6.54 Å². The molecule has 31 heavy (non-hydrogen) atoms. The van der Waals surface area contributed by atoms with E-state index < -0.39 is 11.2 Å². The molecule has 1 aromatic heterocycles. The fraction of sp³-hybridized carbons (Fsp3) is 0.292. The number of carbonyl (C=O) groups excluding carboxylic acids is 1. The van der Waals surface area contributed by atoms with E-state index in [4.69, 9.17) is 0 Å². The zero-order valence-electron chi connectivity index (χ0n) is 18.0. The maximum atomic E-state index is 13.1. The topological polar surface area (TPSA) is 67.5 Å². The molecule has 1 heterocycles. The molecular formula is C24H28N4O3. The minimum Gasteiger partial charge on any atom is -0.336 e. The van der Waals surface area contributed by atoms with Gasteiger partial charge in [-0.25, -0.2) is 4.79 Å². The van der Waals surface area contributed by atoms with Crippen LogP contribution in [0.3, 0.4) is 0 Å². The first-order valence-electron chi connectivity index (χ1n) is 10.2. The molecule has 0 fully saturated rings. The Labute approximate surface area is 181 Å². The van der Waals surface area contributed by atoms with Crippen LogP contribution in [-0.4, -0.2) is 52.0 Å². The standard InChI is InChI=1S/C24H28N4O3/c1-25(2)15-16-26(17-20-9-5-3-6-10-20)23(30)19-28-22(29)13-14-27(24(28)31)18-21-11-7-4-8-12-21/h3-14H,15-19H2,1-2H3. The highest BCUT2D eigenvalue weighted by molar-refractivity contribution is 5.76. The van der Waals surface area contributed by atoms with Crippen LogP contribution in [0.2, 0.25) is 0 Å². The highest BCUT2D eigenvalue weighted by Gasteiger charge is 2.17. The number of hydrogen-bond donors (Lipinski definition) is 0. The fourth-order valence-electron chi connectivity index (χ4n) is 3.25. The quantitative estimate of drug-likeness (QED) is 0.528. The predicted molar refractivity (Wildman–Crippen MR) is 121 cm³/mol. The molecule has 0 aliphatic heterocycles. The number of rotatable bonds is 9. The fourth-order valence-corrected chi connectivity index (χ4v) is 3.25. The molecule has 3 rings (SSSR count). The first kappa shape index (κ1) is 22.2. The van der Waals surface area contributed by atoms with Crippen LogP contribution >= 0.6 is 0 Å². The molecule has 0 saturated heterocycles. The maximum absolute atomic E-state index is 13.1. The summed E-state index contributed by atoms with van der Waals surface area (Å²) in [6.45, 7) is 1.66. The predicted octanol–water partition coefficient (Wildman–Crippen LogP) is 1.65. The molecule has 0 aliphatic rings.